The maximum Gasteiger partial charge on any atom is 0.322 e. The van der Waals surface area contributed by atoms with Gasteiger partial charge in [-0.25, -0.2) is 21.6 Å². The average molecular weight is 647 g/mol. The summed E-state index contributed by atoms with van der Waals surface area (Å²) in [5.74, 6) is -3.39. The van der Waals surface area contributed by atoms with Gasteiger partial charge in [-0.15, -0.1) is 0 Å². The van der Waals surface area contributed by atoms with E-state index in [4.69, 9.17) is 18.6 Å². The van der Waals surface area contributed by atoms with Gasteiger partial charge in [0.1, 0.15) is 34.9 Å². The van der Waals surface area contributed by atoms with Gasteiger partial charge in [0.15, 0.2) is 16.9 Å². The smallest absolute Gasteiger partial charge is 0.322 e. The van der Waals surface area contributed by atoms with Gasteiger partial charge in [-0.05, 0) is 60.6 Å². The van der Waals surface area contributed by atoms with Gasteiger partial charge in [0.2, 0.25) is 20.0 Å². The van der Waals surface area contributed by atoms with E-state index in [0.29, 0.717) is 0 Å². The van der Waals surface area contributed by atoms with Crippen LogP contribution >= 0.6 is 0 Å². The van der Waals surface area contributed by atoms with Crippen molar-refractivity contribution in [3.05, 3.63) is 17.9 Å². The monoisotopic (exact) mass is 646 g/mol. The van der Waals surface area contributed by atoms with E-state index in [-0.39, 0.29) is 11.1 Å². The highest BCUT2D eigenvalue weighted by Gasteiger charge is 2.47. The zero-order valence-corrected chi connectivity index (χ0v) is 26.4. The average Bonchev–Trinajstić information content (AvgIpc) is 3.39. The van der Waals surface area contributed by atoms with Crippen LogP contribution in [0.5, 0.6) is 5.75 Å². The Kier molecular flexibility index (Phi) is 8.95. The first kappa shape index (κ1) is 33.8. The molecule has 1 fully saturated rings. The second-order valence-corrected chi connectivity index (χ2v) is 15.1. The molecule has 0 bridgehead atoms. The molecule has 1 saturated heterocycles. The van der Waals surface area contributed by atoms with Crippen molar-refractivity contribution in [2.24, 2.45) is 0 Å². The Bertz CT molecular complexity index is 1700. The summed E-state index contributed by atoms with van der Waals surface area (Å²) in [5, 5.41) is 4.16. The molecule has 0 radical (unpaired) electrons. The molecule has 1 aromatic heterocycles. The van der Waals surface area contributed by atoms with Crippen molar-refractivity contribution in [1.29, 1.82) is 0 Å². The third kappa shape index (κ3) is 7.62. The first-order valence-electron chi connectivity index (χ1n) is 12.7. The highest BCUT2D eigenvalue weighted by atomic mass is 32.2. The van der Waals surface area contributed by atoms with Gasteiger partial charge in [0, 0.05) is 5.39 Å². The Morgan fingerprint density at radius 1 is 0.884 bits per heavy atom. The summed E-state index contributed by atoms with van der Waals surface area (Å²) in [5.41, 5.74) is -4.06. The van der Waals surface area contributed by atoms with E-state index in [1.165, 1.54) is 6.92 Å². The maximum absolute atomic E-state index is 13.5. The molecule has 1 atom stereocenters. The van der Waals surface area contributed by atoms with Crippen molar-refractivity contribution in [3.63, 3.8) is 0 Å². The number of hydrogen-bond acceptors (Lipinski definition) is 12. The summed E-state index contributed by atoms with van der Waals surface area (Å²) in [6.07, 6.45) is 0. The number of urea groups is 1. The van der Waals surface area contributed by atoms with E-state index in [1.807, 2.05) is 10.0 Å². The van der Waals surface area contributed by atoms with Crippen LogP contribution in [0.3, 0.4) is 0 Å². The molecule has 0 spiro atoms. The van der Waals surface area contributed by atoms with Crippen molar-refractivity contribution < 1.29 is 54.6 Å². The molecule has 238 valence electrons. The summed E-state index contributed by atoms with van der Waals surface area (Å²) in [6.45, 7) is 9.16. The number of hydrogen-bond donors (Lipinski definition) is 4. The van der Waals surface area contributed by atoms with Crippen molar-refractivity contribution in [2.75, 3.05) is 20.2 Å². The lowest BCUT2D eigenvalue weighted by molar-refractivity contribution is -0.154. The zero-order valence-electron chi connectivity index (χ0n) is 24.8. The van der Waals surface area contributed by atoms with E-state index in [9.17, 15) is 36.0 Å². The lowest BCUT2D eigenvalue weighted by atomic mass is 9.99. The summed E-state index contributed by atoms with van der Waals surface area (Å²) < 4.78 is 79.2. The van der Waals surface area contributed by atoms with E-state index >= 15 is 0 Å². The Hall–Kier alpha value is -3.74. The standard InChI is InChI=1S/C25H34N4O12S2/c1-23(2,3)40-17(30)11-26-42(34,35)14-10-15(43(36,37)27-12-18(31)41-24(4,5)6)20(38-8)19-13(14)9-16(39-19)25(7)21(32)28-22(33)29-25/h9-10,26-27H,11-12H2,1-8H3,(H2,28,29,32,33). The highest BCUT2D eigenvalue weighted by molar-refractivity contribution is 7.90. The number of ether oxygens (including phenoxy) is 3. The van der Waals surface area contributed by atoms with Gasteiger partial charge < -0.3 is 23.9 Å². The Morgan fingerprint density at radius 2 is 1.37 bits per heavy atom. The molecule has 4 N–H and O–H groups in total. The maximum atomic E-state index is 13.5. The Balaban J connectivity index is 2.19. The van der Waals surface area contributed by atoms with E-state index in [1.54, 1.807) is 41.5 Å². The number of benzene rings is 1. The first-order valence-corrected chi connectivity index (χ1v) is 15.7. The lowest BCUT2D eigenvalue weighted by Crippen LogP contribution is -2.40. The molecular formula is C25H34N4O12S2. The fraction of sp³-hybridized carbons (Fsp3) is 0.520. The number of furan rings is 1. The molecule has 2 aromatic rings. The predicted octanol–water partition coefficient (Wildman–Crippen LogP) is 0.736. The Morgan fingerprint density at radius 3 is 1.79 bits per heavy atom. The number of carbonyl (C=O) groups is 4. The predicted molar refractivity (Wildman–Crippen MR) is 149 cm³/mol. The minimum atomic E-state index is -4.70. The molecule has 0 aliphatic carbocycles. The Labute approximate surface area is 248 Å². The van der Waals surface area contributed by atoms with Crippen LogP contribution in [-0.2, 0) is 49.4 Å². The first-order chi connectivity index (χ1) is 19.5. The topological polar surface area (TPSA) is 226 Å². The van der Waals surface area contributed by atoms with Crippen LogP contribution in [0, 0.1) is 0 Å². The summed E-state index contributed by atoms with van der Waals surface area (Å²) in [6, 6.07) is 1.02. The SMILES string of the molecule is COc1c(S(=O)(=O)NCC(=O)OC(C)(C)C)cc(S(=O)(=O)NCC(=O)OC(C)(C)C)c2cc(C3(C)NC(=O)NC3=O)oc12. The van der Waals surface area contributed by atoms with E-state index in [0.717, 1.165) is 19.2 Å². The van der Waals surface area contributed by atoms with Crippen LogP contribution < -0.4 is 24.8 Å². The second kappa shape index (κ2) is 11.4. The number of fused-ring (bicyclic) bond motifs is 1. The van der Waals surface area contributed by atoms with Crippen LogP contribution in [0.2, 0.25) is 0 Å². The number of nitrogens with one attached hydrogen (secondary N) is 4. The summed E-state index contributed by atoms with van der Waals surface area (Å²) >= 11 is 0. The molecule has 3 rings (SSSR count). The van der Waals surface area contributed by atoms with Crippen molar-refractivity contribution in [3.8, 4) is 5.75 Å². The molecule has 1 aromatic carbocycles. The van der Waals surface area contributed by atoms with Crippen LogP contribution in [-0.4, -0.2) is 72.1 Å². The normalized spacial score (nSPS) is 17.9. The number of sulfonamides is 2. The van der Waals surface area contributed by atoms with Crippen LogP contribution in [0.25, 0.3) is 11.0 Å². The molecule has 2 heterocycles. The number of methoxy groups -OCH3 is 1. The van der Waals surface area contributed by atoms with Crippen molar-refractivity contribution in [1.82, 2.24) is 20.1 Å². The van der Waals surface area contributed by atoms with E-state index < -0.39 is 94.9 Å². The van der Waals surface area contributed by atoms with Crippen LogP contribution in [0.1, 0.15) is 54.2 Å². The molecule has 1 unspecified atom stereocenters. The highest BCUT2D eigenvalue weighted by Crippen LogP contribution is 2.41. The van der Waals surface area contributed by atoms with Gasteiger partial charge in [-0.1, -0.05) is 0 Å². The third-order valence-electron chi connectivity index (χ3n) is 5.66. The fourth-order valence-electron chi connectivity index (χ4n) is 3.91. The quantitative estimate of drug-likeness (QED) is 0.207. The lowest BCUT2D eigenvalue weighted by Gasteiger charge is -2.20. The molecule has 16 nitrogen and oxygen atoms in total. The largest absolute Gasteiger partial charge is 0.492 e. The molecule has 43 heavy (non-hydrogen) atoms. The number of imide groups is 1. The van der Waals surface area contributed by atoms with Gasteiger partial charge in [0.05, 0.1) is 12.0 Å². The molecule has 1 aliphatic rings. The number of carbonyl (C=O) groups excluding carboxylic acids is 4. The third-order valence-corrected chi connectivity index (χ3v) is 8.51. The zero-order chi connectivity index (χ0) is 32.8. The van der Waals surface area contributed by atoms with E-state index in [2.05, 4.69) is 10.0 Å². The van der Waals surface area contributed by atoms with Crippen LogP contribution in [0.4, 0.5) is 4.79 Å². The second-order valence-electron chi connectivity index (χ2n) is 11.6. The molecular weight excluding hydrogens is 612 g/mol. The minimum absolute atomic E-state index is 0.246. The number of esters is 2. The summed E-state index contributed by atoms with van der Waals surface area (Å²) in [7, 11) is -8.30. The number of amides is 3. The van der Waals surface area contributed by atoms with Gasteiger partial charge in [0.25, 0.3) is 5.91 Å². The van der Waals surface area contributed by atoms with Gasteiger partial charge in [-0.2, -0.15) is 9.44 Å². The molecule has 18 heteroatoms. The molecule has 0 saturated carbocycles. The van der Waals surface area contributed by atoms with Crippen molar-refractivity contribution >= 4 is 54.9 Å². The minimum Gasteiger partial charge on any atom is -0.492 e. The summed E-state index contributed by atoms with van der Waals surface area (Å²) in [4.78, 5) is 47.4. The molecule has 3 amide bonds. The molecule has 1 aliphatic heterocycles. The van der Waals surface area contributed by atoms with Crippen LogP contribution in [0.15, 0.2) is 26.3 Å². The van der Waals surface area contributed by atoms with Gasteiger partial charge >= 0.3 is 18.0 Å². The number of rotatable bonds is 10. The fourth-order valence-corrected chi connectivity index (χ4v) is 6.32. The van der Waals surface area contributed by atoms with Crippen molar-refractivity contribution in [2.45, 2.75) is 75.0 Å². The van der Waals surface area contributed by atoms with Gasteiger partial charge in [-0.3, -0.25) is 19.7 Å².